The quantitative estimate of drug-likeness (QED) is 0.393. The maximum absolute atomic E-state index is 13.1. The van der Waals surface area contributed by atoms with E-state index >= 15 is 0 Å². The highest BCUT2D eigenvalue weighted by molar-refractivity contribution is 6.51. The molecule has 1 atom stereocenters. The number of ether oxygens (including phenoxy) is 2. The smallest absolute Gasteiger partial charge is 0.300 e. The molecule has 1 N–H and O–H groups in total. The van der Waals surface area contributed by atoms with Gasteiger partial charge in [-0.3, -0.25) is 14.5 Å². The van der Waals surface area contributed by atoms with Gasteiger partial charge in [0.05, 0.1) is 37.3 Å². The molecule has 1 saturated heterocycles. The number of rotatable bonds is 5. The first-order valence-electron chi connectivity index (χ1n) is 9.19. The summed E-state index contributed by atoms with van der Waals surface area (Å²) < 4.78 is 16.3. The van der Waals surface area contributed by atoms with Gasteiger partial charge in [-0.2, -0.15) is 0 Å². The zero-order valence-electron chi connectivity index (χ0n) is 16.4. The number of furan rings is 1. The van der Waals surface area contributed by atoms with E-state index < -0.39 is 17.7 Å². The van der Waals surface area contributed by atoms with Gasteiger partial charge in [0.15, 0.2) is 0 Å². The number of para-hydroxylation sites is 3. The van der Waals surface area contributed by atoms with Crippen molar-refractivity contribution in [1.29, 1.82) is 0 Å². The van der Waals surface area contributed by atoms with Gasteiger partial charge in [-0.1, -0.05) is 24.3 Å². The summed E-state index contributed by atoms with van der Waals surface area (Å²) in [6.45, 7) is 0. The van der Waals surface area contributed by atoms with Crippen LogP contribution in [-0.2, 0) is 9.59 Å². The van der Waals surface area contributed by atoms with Crippen molar-refractivity contribution in [3.63, 3.8) is 0 Å². The molecule has 0 aliphatic carbocycles. The monoisotopic (exact) mass is 405 g/mol. The molecule has 30 heavy (non-hydrogen) atoms. The molecular weight excluding hydrogens is 386 g/mol. The fourth-order valence-corrected chi connectivity index (χ4v) is 3.61. The zero-order chi connectivity index (χ0) is 21.3. The molecule has 4 rings (SSSR count). The van der Waals surface area contributed by atoms with Gasteiger partial charge < -0.3 is 19.0 Å². The molecule has 1 fully saturated rings. The second-order valence-electron chi connectivity index (χ2n) is 6.56. The van der Waals surface area contributed by atoms with E-state index in [4.69, 9.17) is 13.9 Å². The van der Waals surface area contributed by atoms with Crippen molar-refractivity contribution in [2.75, 3.05) is 19.1 Å². The molecule has 1 aromatic heterocycles. The van der Waals surface area contributed by atoms with Crippen LogP contribution in [0.3, 0.4) is 0 Å². The van der Waals surface area contributed by atoms with Gasteiger partial charge in [0, 0.05) is 0 Å². The minimum atomic E-state index is -0.971. The van der Waals surface area contributed by atoms with Crippen molar-refractivity contribution < 1.29 is 28.6 Å². The Kier molecular flexibility index (Phi) is 5.02. The van der Waals surface area contributed by atoms with E-state index in [0.29, 0.717) is 28.5 Å². The average Bonchev–Trinajstić information content (AvgIpc) is 3.40. The third-order valence-electron chi connectivity index (χ3n) is 4.96. The number of aliphatic hydroxyl groups is 1. The van der Waals surface area contributed by atoms with E-state index in [1.165, 1.54) is 25.4 Å². The number of anilines is 1. The highest BCUT2D eigenvalue weighted by Crippen LogP contribution is 2.45. The molecular formula is C23H19NO6. The Morgan fingerprint density at radius 2 is 1.60 bits per heavy atom. The fraction of sp³-hybridized carbons (Fsp3) is 0.130. The number of carbonyl (C=O) groups excluding carboxylic acids is 2. The third-order valence-corrected chi connectivity index (χ3v) is 4.96. The number of methoxy groups -OCH3 is 2. The van der Waals surface area contributed by atoms with Gasteiger partial charge >= 0.3 is 0 Å². The van der Waals surface area contributed by atoms with Crippen LogP contribution in [-0.4, -0.2) is 31.0 Å². The first-order valence-corrected chi connectivity index (χ1v) is 9.19. The SMILES string of the molecule is COc1ccccc1/C(O)=C1/C(=O)C(=O)N(c2ccccc2OC)C1c1ccco1. The Bertz CT molecular complexity index is 1130. The summed E-state index contributed by atoms with van der Waals surface area (Å²) in [7, 11) is 2.94. The lowest BCUT2D eigenvalue weighted by Gasteiger charge is -2.25. The van der Waals surface area contributed by atoms with Crippen molar-refractivity contribution in [2.45, 2.75) is 6.04 Å². The van der Waals surface area contributed by atoms with Gasteiger partial charge in [-0.05, 0) is 36.4 Å². The molecule has 1 amide bonds. The molecule has 0 spiro atoms. The lowest BCUT2D eigenvalue weighted by atomic mass is 9.98. The van der Waals surface area contributed by atoms with Crippen LogP contribution in [0.4, 0.5) is 5.69 Å². The van der Waals surface area contributed by atoms with Gasteiger partial charge in [0.25, 0.3) is 11.7 Å². The van der Waals surface area contributed by atoms with Crippen LogP contribution >= 0.6 is 0 Å². The molecule has 7 nitrogen and oxygen atoms in total. The van der Waals surface area contributed by atoms with E-state index in [2.05, 4.69) is 0 Å². The molecule has 1 unspecified atom stereocenters. The van der Waals surface area contributed by atoms with Crippen molar-refractivity contribution in [1.82, 2.24) is 0 Å². The van der Waals surface area contributed by atoms with Crippen LogP contribution in [0.1, 0.15) is 17.4 Å². The Balaban J connectivity index is 1.97. The number of hydrogen-bond acceptors (Lipinski definition) is 6. The molecule has 3 aromatic rings. The predicted molar refractivity (Wildman–Crippen MR) is 109 cm³/mol. The van der Waals surface area contributed by atoms with Crippen LogP contribution in [0.15, 0.2) is 76.9 Å². The summed E-state index contributed by atoms with van der Waals surface area (Å²) in [5, 5.41) is 11.1. The van der Waals surface area contributed by atoms with E-state index in [1.807, 2.05) is 0 Å². The van der Waals surface area contributed by atoms with Gasteiger partial charge in [0.2, 0.25) is 0 Å². The Morgan fingerprint density at radius 3 is 2.27 bits per heavy atom. The van der Waals surface area contributed by atoms with E-state index in [9.17, 15) is 14.7 Å². The number of nitrogens with zero attached hydrogens (tertiary/aromatic N) is 1. The van der Waals surface area contributed by atoms with E-state index in [-0.39, 0.29) is 11.3 Å². The summed E-state index contributed by atoms with van der Waals surface area (Å²) in [6.07, 6.45) is 1.45. The van der Waals surface area contributed by atoms with E-state index in [1.54, 1.807) is 60.7 Å². The number of benzene rings is 2. The maximum atomic E-state index is 13.1. The van der Waals surface area contributed by atoms with Gasteiger partial charge in [-0.25, -0.2) is 0 Å². The number of carbonyl (C=O) groups is 2. The molecule has 7 heteroatoms. The van der Waals surface area contributed by atoms with Crippen molar-refractivity contribution >= 4 is 23.1 Å². The molecule has 2 heterocycles. The van der Waals surface area contributed by atoms with Crippen LogP contribution in [0.5, 0.6) is 11.5 Å². The standard InChI is InChI=1S/C23H19NO6/c1-28-16-10-5-3-8-14(16)21(25)19-20(18-12-7-13-30-18)24(23(27)22(19)26)15-9-4-6-11-17(15)29-2/h3-13,20,25H,1-2H3/b21-19-. The molecule has 152 valence electrons. The van der Waals surface area contributed by atoms with Crippen LogP contribution in [0.2, 0.25) is 0 Å². The summed E-state index contributed by atoms with van der Waals surface area (Å²) in [6, 6.07) is 15.9. The number of amides is 1. The highest BCUT2D eigenvalue weighted by atomic mass is 16.5. The largest absolute Gasteiger partial charge is 0.507 e. The average molecular weight is 405 g/mol. The molecule has 1 aliphatic heterocycles. The van der Waals surface area contributed by atoms with E-state index in [0.717, 1.165) is 0 Å². The van der Waals surface area contributed by atoms with Gasteiger partial charge in [-0.15, -0.1) is 0 Å². The highest BCUT2D eigenvalue weighted by Gasteiger charge is 2.49. The third kappa shape index (κ3) is 3.00. The molecule has 0 bridgehead atoms. The van der Waals surface area contributed by atoms with Crippen molar-refractivity contribution in [3.8, 4) is 11.5 Å². The van der Waals surface area contributed by atoms with Crippen molar-refractivity contribution in [3.05, 3.63) is 83.8 Å². The maximum Gasteiger partial charge on any atom is 0.300 e. The number of ketones is 1. The Labute approximate surface area is 172 Å². The molecule has 0 radical (unpaired) electrons. The fourth-order valence-electron chi connectivity index (χ4n) is 3.61. The van der Waals surface area contributed by atoms with Crippen molar-refractivity contribution in [2.24, 2.45) is 0 Å². The summed E-state index contributed by atoms with van der Waals surface area (Å²) in [5.41, 5.74) is 0.600. The Morgan fingerprint density at radius 1 is 0.933 bits per heavy atom. The first-order chi connectivity index (χ1) is 14.6. The number of aliphatic hydroxyl groups excluding tert-OH is 1. The summed E-state index contributed by atoms with van der Waals surface area (Å²) in [5.74, 6) is -0.853. The molecule has 1 aliphatic rings. The summed E-state index contributed by atoms with van der Waals surface area (Å²) >= 11 is 0. The minimum Gasteiger partial charge on any atom is -0.507 e. The molecule has 0 saturated carbocycles. The van der Waals surface area contributed by atoms with Gasteiger partial charge in [0.1, 0.15) is 29.1 Å². The molecule has 2 aromatic carbocycles. The summed E-state index contributed by atoms with van der Waals surface area (Å²) in [4.78, 5) is 27.4. The second kappa shape index (κ2) is 7.79. The van der Waals surface area contributed by atoms with Crippen LogP contribution in [0.25, 0.3) is 5.76 Å². The lowest BCUT2D eigenvalue weighted by molar-refractivity contribution is -0.132. The zero-order valence-corrected chi connectivity index (χ0v) is 16.4. The number of hydrogen-bond donors (Lipinski definition) is 1. The normalized spacial score (nSPS) is 17.9. The Hall–Kier alpha value is -4.00. The van der Waals surface area contributed by atoms with Crippen LogP contribution in [0, 0.1) is 0 Å². The van der Waals surface area contributed by atoms with Crippen LogP contribution < -0.4 is 14.4 Å². The number of Topliss-reactive ketones (excluding diaryl/α,β-unsaturated/α-hetero) is 1. The second-order valence-corrected chi connectivity index (χ2v) is 6.56. The first kappa shape index (κ1) is 19.3. The lowest BCUT2D eigenvalue weighted by Crippen LogP contribution is -2.29. The minimum absolute atomic E-state index is 0.0923. The predicted octanol–water partition coefficient (Wildman–Crippen LogP) is 3.92. The topological polar surface area (TPSA) is 89.2 Å².